The molecule has 0 spiro atoms. The number of imide groups is 2. The first kappa shape index (κ1) is 17.4. The number of benzene rings is 2. The Balaban J connectivity index is 1.55. The molecule has 4 rings (SSSR count). The molecule has 0 aliphatic carbocycles. The summed E-state index contributed by atoms with van der Waals surface area (Å²) < 4.78 is 10.2. The molecule has 1 fully saturated rings. The summed E-state index contributed by atoms with van der Waals surface area (Å²) in [5.41, 5.74) is 0.995. The van der Waals surface area contributed by atoms with Gasteiger partial charge >= 0.3 is 17.8 Å². The fourth-order valence-electron chi connectivity index (χ4n) is 2.76. The Hall–Kier alpha value is -4.01. The third-order valence-electron chi connectivity index (χ3n) is 4.18. The summed E-state index contributed by atoms with van der Waals surface area (Å²) in [5.74, 6) is -0.971. The van der Waals surface area contributed by atoms with Gasteiger partial charge in [-0.3, -0.25) is 9.59 Å². The van der Waals surface area contributed by atoms with Crippen LogP contribution in [0.2, 0.25) is 0 Å². The molecule has 1 aliphatic heterocycles. The number of carbonyl (C=O) groups excluding carboxylic acids is 3. The Labute approximate surface area is 159 Å². The summed E-state index contributed by atoms with van der Waals surface area (Å²) in [6.07, 6.45) is 0. The number of rotatable bonds is 5. The van der Waals surface area contributed by atoms with Crippen LogP contribution in [0.25, 0.3) is 11.4 Å². The summed E-state index contributed by atoms with van der Waals surface area (Å²) >= 11 is 0. The van der Waals surface area contributed by atoms with Crippen molar-refractivity contribution in [3.05, 3.63) is 60.5 Å². The second kappa shape index (κ2) is 6.95. The van der Waals surface area contributed by atoms with Crippen LogP contribution in [0.1, 0.15) is 5.89 Å². The van der Waals surface area contributed by atoms with Crippen LogP contribution >= 0.6 is 0 Å². The predicted octanol–water partition coefficient (Wildman–Crippen LogP) is 2.24. The molecule has 0 unspecified atom stereocenters. The highest BCUT2D eigenvalue weighted by molar-refractivity contribution is 6.52. The molecule has 2 heterocycles. The SMILES string of the molecule is COc1ccc(N2C(=O)C(=O)N(Cc3nc(-c4ccccc4)no3)C2=O)cc1. The van der Waals surface area contributed by atoms with E-state index in [4.69, 9.17) is 9.26 Å². The standard InChI is InChI=1S/C19H14N4O5/c1-27-14-9-7-13(8-10-14)23-18(25)17(24)22(19(23)26)11-15-20-16(21-28-15)12-5-3-2-4-6-12/h2-10H,11H2,1H3. The number of methoxy groups -OCH3 is 1. The first-order valence-electron chi connectivity index (χ1n) is 8.30. The Morgan fingerprint density at radius 3 is 2.36 bits per heavy atom. The third-order valence-corrected chi connectivity index (χ3v) is 4.18. The maximum absolute atomic E-state index is 12.7. The lowest BCUT2D eigenvalue weighted by Crippen LogP contribution is -2.33. The van der Waals surface area contributed by atoms with Crippen molar-refractivity contribution in [1.82, 2.24) is 15.0 Å². The lowest BCUT2D eigenvalue weighted by atomic mass is 10.2. The third kappa shape index (κ3) is 2.98. The number of hydrogen-bond donors (Lipinski definition) is 0. The molecule has 9 nitrogen and oxygen atoms in total. The molecule has 0 atom stereocenters. The van der Waals surface area contributed by atoms with Crippen LogP contribution < -0.4 is 9.64 Å². The molecule has 0 N–H and O–H groups in total. The van der Waals surface area contributed by atoms with Crippen molar-refractivity contribution in [2.75, 3.05) is 12.0 Å². The highest BCUT2D eigenvalue weighted by atomic mass is 16.5. The van der Waals surface area contributed by atoms with Gasteiger partial charge in [-0.05, 0) is 24.3 Å². The molecule has 9 heteroatoms. The number of anilines is 1. The summed E-state index contributed by atoms with van der Waals surface area (Å²) in [4.78, 5) is 43.0. The Bertz CT molecular complexity index is 1050. The van der Waals surface area contributed by atoms with Crippen LogP contribution in [0.4, 0.5) is 10.5 Å². The zero-order chi connectivity index (χ0) is 19.7. The van der Waals surface area contributed by atoms with Crippen molar-refractivity contribution in [2.24, 2.45) is 0 Å². The van der Waals surface area contributed by atoms with E-state index in [-0.39, 0.29) is 18.1 Å². The maximum atomic E-state index is 12.7. The van der Waals surface area contributed by atoms with E-state index in [2.05, 4.69) is 10.1 Å². The van der Waals surface area contributed by atoms with Gasteiger partial charge in [-0.2, -0.15) is 4.98 Å². The van der Waals surface area contributed by atoms with Crippen LogP contribution in [0, 0.1) is 0 Å². The number of urea groups is 1. The van der Waals surface area contributed by atoms with Gasteiger partial charge in [0.25, 0.3) is 0 Å². The van der Waals surface area contributed by atoms with E-state index in [1.165, 1.54) is 19.2 Å². The Kier molecular flexibility index (Phi) is 4.32. The predicted molar refractivity (Wildman–Crippen MR) is 96.2 cm³/mol. The topological polar surface area (TPSA) is 106 Å². The summed E-state index contributed by atoms with van der Waals surface area (Å²) in [6, 6.07) is 14.5. The molecule has 0 bridgehead atoms. The quantitative estimate of drug-likeness (QED) is 0.495. The second-order valence-electron chi connectivity index (χ2n) is 5.89. The largest absolute Gasteiger partial charge is 0.497 e. The van der Waals surface area contributed by atoms with Gasteiger partial charge in [0.05, 0.1) is 12.8 Å². The van der Waals surface area contributed by atoms with Crippen molar-refractivity contribution >= 4 is 23.5 Å². The fraction of sp³-hybridized carbons (Fsp3) is 0.105. The van der Waals surface area contributed by atoms with Gasteiger partial charge < -0.3 is 9.26 Å². The van der Waals surface area contributed by atoms with Crippen molar-refractivity contribution in [2.45, 2.75) is 6.54 Å². The molecule has 0 radical (unpaired) electrons. The van der Waals surface area contributed by atoms with Crippen LogP contribution in [-0.2, 0) is 16.1 Å². The number of carbonyl (C=O) groups is 3. The molecule has 4 amide bonds. The fourth-order valence-corrected chi connectivity index (χ4v) is 2.76. The minimum Gasteiger partial charge on any atom is -0.497 e. The normalized spacial score (nSPS) is 14.1. The summed E-state index contributed by atoms with van der Waals surface area (Å²) in [6.45, 7) is -0.296. The Morgan fingerprint density at radius 1 is 0.964 bits per heavy atom. The highest BCUT2D eigenvalue weighted by Gasteiger charge is 2.46. The van der Waals surface area contributed by atoms with E-state index >= 15 is 0 Å². The molecule has 1 aromatic heterocycles. The maximum Gasteiger partial charge on any atom is 0.339 e. The smallest absolute Gasteiger partial charge is 0.339 e. The number of ether oxygens (including phenoxy) is 1. The lowest BCUT2D eigenvalue weighted by Gasteiger charge is -2.14. The second-order valence-corrected chi connectivity index (χ2v) is 5.89. The van der Waals surface area contributed by atoms with Gasteiger partial charge in [-0.1, -0.05) is 35.5 Å². The summed E-state index contributed by atoms with van der Waals surface area (Å²) in [5, 5.41) is 3.85. The molecule has 3 aromatic rings. The van der Waals surface area contributed by atoms with E-state index in [1.807, 2.05) is 18.2 Å². The minimum absolute atomic E-state index is 0.0462. The van der Waals surface area contributed by atoms with Crippen molar-refractivity contribution in [3.63, 3.8) is 0 Å². The van der Waals surface area contributed by atoms with Gasteiger partial charge in [0.15, 0.2) is 0 Å². The lowest BCUT2D eigenvalue weighted by molar-refractivity contribution is -0.139. The van der Waals surface area contributed by atoms with Crippen molar-refractivity contribution in [1.29, 1.82) is 0 Å². The Morgan fingerprint density at radius 2 is 1.68 bits per heavy atom. The monoisotopic (exact) mass is 378 g/mol. The molecule has 140 valence electrons. The molecule has 28 heavy (non-hydrogen) atoms. The number of hydrogen-bond acceptors (Lipinski definition) is 7. The average Bonchev–Trinajstić information content (AvgIpc) is 3.28. The van der Waals surface area contributed by atoms with Crippen molar-refractivity contribution < 1.29 is 23.6 Å². The molecule has 1 aliphatic rings. The molecule has 2 aromatic carbocycles. The van der Waals surface area contributed by atoms with E-state index in [1.54, 1.807) is 24.3 Å². The van der Waals surface area contributed by atoms with Crippen LogP contribution in [0.15, 0.2) is 59.1 Å². The van der Waals surface area contributed by atoms with E-state index in [0.717, 1.165) is 15.4 Å². The van der Waals surface area contributed by atoms with Crippen molar-refractivity contribution in [3.8, 4) is 17.1 Å². The number of amides is 4. The summed E-state index contributed by atoms with van der Waals surface area (Å²) in [7, 11) is 1.50. The van der Waals surface area contributed by atoms with E-state index in [0.29, 0.717) is 11.6 Å². The first-order valence-corrected chi connectivity index (χ1v) is 8.30. The zero-order valence-electron chi connectivity index (χ0n) is 14.7. The van der Waals surface area contributed by atoms with E-state index < -0.39 is 17.8 Å². The molecule has 1 saturated heterocycles. The van der Waals surface area contributed by atoms with Gasteiger partial charge in [-0.25, -0.2) is 14.6 Å². The van der Waals surface area contributed by atoms with Crippen LogP contribution in [-0.4, -0.2) is 40.0 Å². The zero-order valence-corrected chi connectivity index (χ0v) is 14.7. The molecule has 0 saturated carbocycles. The van der Waals surface area contributed by atoms with Gasteiger partial charge in [0, 0.05) is 5.56 Å². The van der Waals surface area contributed by atoms with Gasteiger partial charge in [-0.15, -0.1) is 0 Å². The van der Waals surface area contributed by atoms with Crippen LogP contribution in [0.5, 0.6) is 5.75 Å². The average molecular weight is 378 g/mol. The number of aromatic nitrogens is 2. The number of nitrogens with zero attached hydrogens (tertiary/aromatic N) is 4. The minimum atomic E-state index is -0.958. The first-order chi connectivity index (χ1) is 13.6. The van der Waals surface area contributed by atoms with Crippen LogP contribution in [0.3, 0.4) is 0 Å². The molecular weight excluding hydrogens is 364 g/mol. The highest BCUT2D eigenvalue weighted by Crippen LogP contribution is 2.26. The molecular formula is C19H14N4O5. The van der Waals surface area contributed by atoms with E-state index in [9.17, 15) is 14.4 Å². The van der Waals surface area contributed by atoms with Gasteiger partial charge in [0.1, 0.15) is 12.3 Å². The van der Waals surface area contributed by atoms with Gasteiger partial charge in [0.2, 0.25) is 11.7 Å².